The summed E-state index contributed by atoms with van der Waals surface area (Å²) in [6, 6.07) is 6.99. The number of carbonyl (C=O) groups is 1. The van der Waals surface area contributed by atoms with E-state index in [1.807, 2.05) is 0 Å². The Balaban J connectivity index is 1.78. The zero-order valence-corrected chi connectivity index (χ0v) is 15.3. The van der Waals surface area contributed by atoms with Crippen LogP contribution in [0, 0.1) is 0 Å². The molecule has 2 aromatic rings. The predicted molar refractivity (Wildman–Crippen MR) is 97.9 cm³/mol. The fraction of sp³-hybridized carbons (Fsp3) is 0.250. The number of halogens is 1. The third-order valence-corrected chi connectivity index (χ3v) is 5.94. The molecule has 1 aliphatic heterocycles. The fourth-order valence-corrected chi connectivity index (χ4v) is 4.02. The summed E-state index contributed by atoms with van der Waals surface area (Å²) in [5.74, 6) is 0. The van der Waals surface area contributed by atoms with E-state index in [2.05, 4.69) is 15.6 Å². The first-order chi connectivity index (χ1) is 12.5. The van der Waals surface area contributed by atoms with Crippen LogP contribution in [0.2, 0.25) is 5.02 Å². The van der Waals surface area contributed by atoms with Crippen molar-refractivity contribution in [2.24, 2.45) is 0 Å². The van der Waals surface area contributed by atoms with E-state index in [0.717, 1.165) is 0 Å². The molecule has 2 heterocycles. The third kappa shape index (κ3) is 4.31. The van der Waals surface area contributed by atoms with Gasteiger partial charge in [-0.3, -0.25) is 4.98 Å². The molecule has 0 aliphatic carbocycles. The van der Waals surface area contributed by atoms with Crippen LogP contribution < -0.4 is 10.6 Å². The number of benzene rings is 1. The number of hydrogen-bond acceptors (Lipinski definition) is 5. The van der Waals surface area contributed by atoms with E-state index in [-0.39, 0.29) is 28.7 Å². The van der Waals surface area contributed by atoms with E-state index in [1.54, 1.807) is 18.3 Å². The third-order valence-electron chi connectivity index (χ3n) is 3.71. The smallest absolute Gasteiger partial charge is 0.323 e. The first-order valence-electron chi connectivity index (χ1n) is 7.82. The lowest BCUT2D eigenvalue weighted by atomic mass is 10.3. The lowest BCUT2D eigenvalue weighted by Gasteiger charge is -2.26. The largest absolute Gasteiger partial charge is 0.379 e. The zero-order chi connectivity index (χ0) is 18.6. The van der Waals surface area contributed by atoms with Crippen LogP contribution in [0.5, 0.6) is 0 Å². The van der Waals surface area contributed by atoms with E-state index < -0.39 is 16.1 Å². The van der Waals surface area contributed by atoms with Crippen LogP contribution in [0.1, 0.15) is 0 Å². The van der Waals surface area contributed by atoms with E-state index in [0.29, 0.717) is 18.9 Å². The van der Waals surface area contributed by atoms with Gasteiger partial charge in [0.15, 0.2) is 0 Å². The van der Waals surface area contributed by atoms with Crippen molar-refractivity contribution < 1.29 is 17.9 Å². The van der Waals surface area contributed by atoms with Crippen LogP contribution in [-0.4, -0.2) is 50.0 Å². The SMILES string of the molecule is O=C(Nc1cccnc1)Nc1cc(S(=O)(=O)N2CCOCC2)ccc1Cl. The summed E-state index contributed by atoms with van der Waals surface area (Å²) in [7, 11) is -3.68. The molecule has 3 rings (SSSR count). The van der Waals surface area contributed by atoms with Crippen molar-refractivity contribution in [1.29, 1.82) is 0 Å². The highest BCUT2D eigenvalue weighted by molar-refractivity contribution is 7.89. The number of pyridine rings is 1. The van der Waals surface area contributed by atoms with Crippen LogP contribution >= 0.6 is 11.6 Å². The molecule has 10 heteroatoms. The van der Waals surface area contributed by atoms with Gasteiger partial charge in [0.2, 0.25) is 10.0 Å². The summed E-state index contributed by atoms with van der Waals surface area (Å²) in [6.45, 7) is 1.28. The number of amides is 2. The van der Waals surface area contributed by atoms with Crippen molar-refractivity contribution >= 4 is 39.0 Å². The summed E-state index contributed by atoms with van der Waals surface area (Å²) >= 11 is 6.10. The number of hydrogen-bond donors (Lipinski definition) is 2. The Morgan fingerprint density at radius 2 is 1.96 bits per heavy atom. The Hall–Kier alpha value is -2.20. The molecule has 1 aliphatic rings. The number of rotatable bonds is 4. The van der Waals surface area contributed by atoms with Crippen molar-refractivity contribution in [3.8, 4) is 0 Å². The van der Waals surface area contributed by atoms with Gasteiger partial charge in [-0.05, 0) is 30.3 Å². The second-order valence-electron chi connectivity index (χ2n) is 5.48. The van der Waals surface area contributed by atoms with Gasteiger partial charge in [-0.2, -0.15) is 4.31 Å². The number of sulfonamides is 1. The van der Waals surface area contributed by atoms with Gasteiger partial charge in [0, 0.05) is 19.3 Å². The Labute approximate surface area is 156 Å². The summed E-state index contributed by atoms with van der Waals surface area (Å²) in [5, 5.41) is 5.38. The Bertz CT molecular complexity index is 886. The van der Waals surface area contributed by atoms with Gasteiger partial charge in [0.05, 0.1) is 40.7 Å². The van der Waals surface area contributed by atoms with Gasteiger partial charge in [-0.1, -0.05) is 11.6 Å². The first-order valence-corrected chi connectivity index (χ1v) is 9.64. The summed E-state index contributed by atoms with van der Waals surface area (Å²) in [5.41, 5.74) is 0.695. The molecule has 138 valence electrons. The van der Waals surface area contributed by atoms with Gasteiger partial charge in [-0.25, -0.2) is 13.2 Å². The standard InChI is InChI=1S/C16H17ClN4O4S/c17-14-4-3-13(26(23,24)21-6-8-25-9-7-21)10-15(14)20-16(22)19-12-2-1-5-18-11-12/h1-5,10-11H,6-9H2,(H2,19,20,22). The molecule has 2 amide bonds. The topological polar surface area (TPSA) is 101 Å². The maximum absolute atomic E-state index is 12.7. The van der Waals surface area contributed by atoms with Gasteiger partial charge < -0.3 is 15.4 Å². The summed E-state index contributed by atoms with van der Waals surface area (Å²) in [4.78, 5) is 16.1. The van der Waals surface area contributed by atoms with Crippen LogP contribution in [0.4, 0.5) is 16.2 Å². The van der Waals surface area contributed by atoms with Crippen molar-refractivity contribution in [2.75, 3.05) is 36.9 Å². The number of morpholine rings is 1. The number of urea groups is 1. The molecule has 26 heavy (non-hydrogen) atoms. The van der Waals surface area contributed by atoms with Crippen LogP contribution in [0.15, 0.2) is 47.6 Å². The molecule has 0 saturated carbocycles. The molecule has 8 nitrogen and oxygen atoms in total. The number of carbonyl (C=O) groups excluding carboxylic acids is 1. The Morgan fingerprint density at radius 3 is 2.65 bits per heavy atom. The number of anilines is 2. The maximum atomic E-state index is 12.7. The number of aromatic nitrogens is 1. The minimum absolute atomic E-state index is 0.0560. The lowest BCUT2D eigenvalue weighted by molar-refractivity contribution is 0.0730. The highest BCUT2D eigenvalue weighted by Crippen LogP contribution is 2.27. The molecule has 1 aromatic heterocycles. The fourth-order valence-electron chi connectivity index (χ4n) is 2.42. The number of ether oxygens (including phenoxy) is 1. The monoisotopic (exact) mass is 396 g/mol. The van der Waals surface area contributed by atoms with Crippen molar-refractivity contribution in [3.05, 3.63) is 47.7 Å². The molecule has 1 fully saturated rings. The normalized spacial score (nSPS) is 15.4. The molecule has 1 aromatic carbocycles. The number of nitrogens with one attached hydrogen (secondary N) is 2. The minimum Gasteiger partial charge on any atom is -0.379 e. The first kappa shape index (κ1) is 18.6. The predicted octanol–water partition coefficient (Wildman–Crippen LogP) is 2.40. The average Bonchev–Trinajstić information content (AvgIpc) is 2.65. The lowest BCUT2D eigenvalue weighted by Crippen LogP contribution is -2.40. The molecule has 1 saturated heterocycles. The van der Waals surface area contributed by atoms with Gasteiger partial charge in [-0.15, -0.1) is 0 Å². The Kier molecular flexibility index (Phi) is 5.72. The molecule has 0 atom stereocenters. The average molecular weight is 397 g/mol. The van der Waals surface area contributed by atoms with Gasteiger partial charge >= 0.3 is 6.03 Å². The molecular weight excluding hydrogens is 380 g/mol. The van der Waals surface area contributed by atoms with Crippen LogP contribution in [0.3, 0.4) is 0 Å². The van der Waals surface area contributed by atoms with E-state index >= 15 is 0 Å². The Morgan fingerprint density at radius 1 is 1.19 bits per heavy atom. The van der Waals surface area contributed by atoms with Crippen molar-refractivity contribution in [3.63, 3.8) is 0 Å². The maximum Gasteiger partial charge on any atom is 0.323 e. The summed E-state index contributed by atoms with van der Waals surface area (Å²) in [6.07, 6.45) is 3.07. The minimum atomic E-state index is -3.68. The molecule has 0 radical (unpaired) electrons. The van der Waals surface area contributed by atoms with Crippen molar-refractivity contribution in [2.45, 2.75) is 4.90 Å². The highest BCUT2D eigenvalue weighted by atomic mass is 35.5. The highest BCUT2D eigenvalue weighted by Gasteiger charge is 2.27. The van der Waals surface area contributed by atoms with Crippen LogP contribution in [0.25, 0.3) is 0 Å². The van der Waals surface area contributed by atoms with Gasteiger partial charge in [0.1, 0.15) is 0 Å². The zero-order valence-electron chi connectivity index (χ0n) is 13.7. The van der Waals surface area contributed by atoms with Crippen molar-refractivity contribution in [1.82, 2.24) is 9.29 Å². The second kappa shape index (κ2) is 8.00. The van der Waals surface area contributed by atoms with E-state index in [9.17, 15) is 13.2 Å². The second-order valence-corrected chi connectivity index (χ2v) is 7.82. The number of nitrogens with zero attached hydrogens (tertiary/aromatic N) is 2. The molecule has 0 spiro atoms. The molecule has 0 bridgehead atoms. The summed E-state index contributed by atoms with van der Waals surface area (Å²) < 4.78 is 32.0. The quantitative estimate of drug-likeness (QED) is 0.826. The molecule has 0 unspecified atom stereocenters. The van der Waals surface area contributed by atoms with Crippen LogP contribution in [-0.2, 0) is 14.8 Å². The molecule has 2 N–H and O–H groups in total. The van der Waals surface area contributed by atoms with E-state index in [1.165, 1.54) is 28.7 Å². The van der Waals surface area contributed by atoms with E-state index in [4.69, 9.17) is 16.3 Å². The van der Waals surface area contributed by atoms with Gasteiger partial charge in [0.25, 0.3) is 0 Å². The molecular formula is C16H17ClN4O4S.